The lowest BCUT2D eigenvalue weighted by Crippen LogP contribution is -2.28. The lowest BCUT2D eigenvalue weighted by Gasteiger charge is -2.15. The molecular weight excluding hydrogens is 395 g/mol. The Hall–Kier alpha value is -1.08. The van der Waals surface area contributed by atoms with Gasteiger partial charge in [0.25, 0.3) is 0 Å². The summed E-state index contributed by atoms with van der Waals surface area (Å²) in [5.41, 5.74) is 2.37. The van der Waals surface area contributed by atoms with Gasteiger partial charge in [0.15, 0.2) is 0 Å². The number of hydrogen-bond donors (Lipinski definition) is 0. The highest BCUT2D eigenvalue weighted by molar-refractivity contribution is 14.1. The van der Waals surface area contributed by atoms with Crippen LogP contribution < -0.4 is 0 Å². The van der Waals surface area contributed by atoms with Crippen LogP contribution in [0.4, 0.5) is 0 Å². The summed E-state index contributed by atoms with van der Waals surface area (Å²) in [5.74, 6) is 0.0675. The van der Waals surface area contributed by atoms with E-state index in [0.717, 1.165) is 25.3 Å². The second-order valence-corrected chi connectivity index (χ2v) is 7.35. The van der Waals surface area contributed by atoms with Gasteiger partial charge < -0.3 is 9.47 Å². The molecule has 2 aromatic rings. The predicted octanol–water partition coefficient (Wildman–Crippen LogP) is 4.08. The van der Waals surface area contributed by atoms with Crippen molar-refractivity contribution in [3.8, 4) is 0 Å². The van der Waals surface area contributed by atoms with Crippen molar-refractivity contribution in [2.45, 2.75) is 20.4 Å². The molecule has 0 saturated heterocycles. The maximum absolute atomic E-state index is 12.0. The molecular formula is C16H19IN2OS. The molecule has 2 heterocycles. The van der Waals surface area contributed by atoms with Crippen molar-refractivity contribution in [1.29, 1.82) is 0 Å². The van der Waals surface area contributed by atoms with Crippen LogP contribution in [0.3, 0.4) is 0 Å². The lowest BCUT2D eigenvalue weighted by atomic mass is 10.3. The van der Waals surface area contributed by atoms with Crippen molar-refractivity contribution in [2.24, 2.45) is 0 Å². The average molecular weight is 414 g/mol. The number of amides is 1. The number of aromatic nitrogens is 1. The Morgan fingerprint density at radius 3 is 2.76 bits per heavy atom. The van der Waals surface area contributed by atoms with Crippen LogP contribution in [0.15, 0.2) is 35.9 Å². The van der Waals surface area contributed by atoms with E-state index in [4.69, 9.17) is 0 Å². The molecule has 1 amide bonds. The number of thiophene rings is 1. The second kappa shape index (κ2) is 7.79. The molecule has 0 N–H and O–H groups in total. The number of hydrogen-bond acceptors (Lipinski definition) is 2. The average Bonchev–Trinajstić information content (AvgIpc) is 3.08. The molecule has 0 saturated carbocycles. The van der Waals surface area contributed by atoms with Gasteiger partial charge in [0.05, 0.1) is 2.88 Å². The summed E-state index contributed by atoms with van der Waals surface area (Å²) in [7, 11) is 0. The maximum Gasteiger partial charge on any atom is 0.246 e. The maximum atomic E-state index is 12.0. The van der Waals surface area contributed by atoms with E-state index in [2.05, 4.69) is 44.8 Å². The van der Waals surface area contributed by atoms with E-state index >= 15 is 0 Å². The third kappa shape index (κ3) is 4.20. The van der Waals surface area contributed by atoms with Crippen molar-refractivity contribution in [3.63, 3.8) is 0 Å². The fourth-order valence-corrected chi connectivity index (χ4v) is 3.56. The van der Waals surface area contributed by atoms with Gasteiger partial charge in [0, 0.05) is 37.6 Å². The number of nitrogens with zero attached hydrogens (tertiary/aromatic N) is 2. The van der Waals surface area contributed by atoms with Crippen molar-refractivity contribution >= 4 is 45.9 Å². The first-order valence-corrected chi connectivity index (χ1v) is 8.95. The van der Waals surface area contributed by atoms with Gasteiger partial charge in [-0.3, -0.25) is 4.79 Å². The van der Waals surface area contributed by atoms with E-state index in [1.165, 1.54) is 8.45 Å². The molecule has 21 heavy (non-hydrogen) atoms. The Bertz CT molecular complexity index is 626. The fourth-order valence-electron chi connectivity index (χ4n) is 2.14. The number of carbonyl (C=O) groups excluding carboxylic acids is 1. The normalized spacial score (nSPS) is 11.2. The zero-order valence-electron chi connectivity index (χ0n) is 12.3. The van der Waals surface area contributed by atoms with Crippen LogP contribution >= 0.6 is 33.9 Å². The molecule has 0 atom stereocenters. The zero-order chi connectivity index (χ0) is 15.2. The van der Waals surface area contributed by atoms with Crippen LogP contribution in [0.25, 0.3) is 6.08 Å². The molecule has 5 heteroatoms. The molecule has 0 aliphatic rings. The molecule has 3 nitrogen and oxygen atoms in total. The Morgan fingerprint density at radius 1 is 1.38 bits per heavy atom. The lowest BCUT2D eigenvalue weighted by molar-refractivity contribution is -0.125. The van der Waals surface area contributed by atoms with Crippen LogP contribution in [0.2, 0.25) is 0 Å². The minimum absolute atomic E-state index is 0.0675. The van der Waals surface area contributed by atoms with Gasteiger partial charge in [-0.05, 0) is 71.7 Å². The predicted molar refractivity (Wildman–Crippen MR) is 97.5 cm³/mol. The van der Waals surface area contributed by atoms with E-state index in [1.807, 2.05) is 37.0 Å². The van der Waals surface area contributed by atoms with E-state index < -0.39 is 0 Å². The van der Waals surface area contributed by atoms with Gasteiger partial charge in [-0.1, -0.05) is 0 Å². The summed E-state index contributed by atoms with van der Waals surface area (Å²) in [4.78, 5) is 13.8. The summed E-state index contributed by atoms with van der Waals surface area (Å²) in [6.45, 7) is 6.32. The largest absolute Gasteiger partial charge is 0.343 e. The molecule has 0 aromatic carbocycles. The van der Waals surface area contributed by atoms with Crippen molar-refractivity contribution < 1.29 is 4.79 Å². The molecule has 2 rings (SSSR count). The first-order valence-electron chi connectivity index (χ1n) is 6.99. The molecule has 0 spiro atoms. The number of carbonyl (C=O) groups is 1. The summed E-state index contributed by atoms with van der Waals surface area (Å²) in [6.07, 6.45) is 5.62. The van der Waals surface area contributed by atoms with Crippen molar-refractivity contribution in [2.75, 3.05) is 13.1 Å². The van der Waals surface area contributed by atoms with E-state index in [-0.39, 0.29) is 5.91 Å². The minimum atomic E-state index is 0.0675. The Balaban J connectivity index is 2.10. The SMILES string of the molecule is CCN(CC)C(=O)/C=C/c1cccn1Cc1ccsc1I. The second-order valence-electron chi connectivity index (χ2n) is 4.62. The Labute approximate surface area is 143 Å². The smallest absolute Gasteiger partial charge is 0.246 e. The van der Waals surface area contributed by atoms with Crippen molar-refractivity contribution in [1.82, 2.24) is 9.47 Å². The van der Waals surface area contributed by atoms with Gasteiger partial charge in [0.2, 0.25) is 5.91 Å². The van der Waals surface area contributed by atoms with E-state index in [1.54, 1.807) is 17.4 Å². The van der Waals surface area contributed by atoms with Crippen LogP contribution in [0, 0.1) is 2.88 Å². The van der Waals surface area contributed by atoms with Crippen LogP contribution in [0.1, 0.15) is 25.1 Å². The number of likely N-dealkylation sites (N-methyl/N-ethyl adjacent to an activating group) is 1. The van der Waals surface area contributed by atoms with Crippen LogP contribution in [0.5, 0.6) is 0 Å². The van der Waals surface area contributed by atoms with Gasteiger partial charge >= 0.3 is 0 Å². The van der Waals surface area contributed by atoms with Gasteiger partial charge in [-0.15, -0.1) is 11.3 Å². The molecule has 0 unspecified atom stereocenters. The highest BCUT2D eigenvalue weighted by Gasteiger charge is 2.07. The fraction of sp³-hybridized carbons (Fsp3) is 0.312. The van der Waals surface area contributed by atoms with Crippen molar-refractivity contribution in [3.05, 3.63) is 50.0 Å². The number of rotatable bonds is 6. The summed E-state index contributed by atoms with van der Waals surface area (Å²) in [5, 5.41) is 2.11. The molecule has 0 aliphatic heterocycles. The first-order chi connectivity index (χ1) is 10.2. The highest BCUT2D eigenvalue weighted by Crippen LogP contribution is 2.21. The third-order valence-electron chi connectivity index (χ3n) is 3.37. The molecule has 0 fully saturated rings. The van der Waals surface area contributed by atoms with Gasteiger partial charge in [-0.25, -0.2) is 0 Å². The summed E-state index contributed by atoms with van der Waals surface area (Å²) in [6, 6.07) is 6.20. The molecule has 0 radical (unpaired) electrons. The van der Waals surface area contributed by atoms with Crippen LogP contribution in [-0.2, 0) is 11.3 Å². The Morgan fingerprint density at radius 2 is 2.14 bits per heavy atom. The van der Waals surface area contributed by atoms with E-state index in [9.17, 15) is 4.79 Å². The zero-order valence-corrected chi connectivity index (χ0v) is 15.2. The molecule has 112 valence electrons. The third-order valence-corrected chi connectivity index (χ3v) is 5.57. The first kappa shape index (κ1) is 16.3. The topological polar surface area (TPSA) is 25.2 Å². The quantitative estimate of drug-likeness (QED) is 0.517. The number of halogens is 1. The highest BCUT2D eigenvalue weighted by atomic mass is 127. The summed E-state index contributed by atoms with van der Waals surface area (Å²) >= 11 is 4.12. The van der Waals surface area contributed by atoms with Crippen LogP contribution in [-0.4, -0.2) is 28.5 Å². The van der Waals surface area contributed by atoms with E-state index in [0.29, 0.717) is 0 Å². The molecule has 0 bridgehead atoms. The minimum Gasteiger partial charge on any atom is -0.343 e. The van der Waals surface area contributed by atoms with Gasteiger partial charge in [-0.2, -0.15) is 0 Å². The standard InChI is InChI=1S/C16H19IN2OS/c1-3-18(4-2)15(20)8-7-14-6-5-10-19(14)12-13-9-11-21-16(13)17/h5-11H,3-4,12H2,1-2H3/b8-7+. The van der Waals surface area contributed by atoms with Gasteiger partial charge in [0.1, 0.15) is 0 Å². The monoisotopic (exact) mass is 414 g/mol. The molecule has 0 aliphatic carbocycles. The summed E-state index contributed by atoms with van der Waals surface area (Å²) < 4.78 is 3.48. The molecule has 2 aromatic heterocycles. The Kier molecular flexibility index (Phi) is 6.05.